The number of aromatic nitrogens is 1. The van der Waals surface area contributed by atoms with E-state index in [1.807, 2.05) is 25.1 Å². The molecule has 1 heterocycles. The molecule has 1 aromatic heterocycles. The Hall–Kier alpha value is -1.31. The highest BCUT2D eigenvalue weighted by Crippen LogP contribution is 2.05. The third-order valence-electron chi connectivity index (χ3n) is 1.13. The molecule has 2 nitrogen and oxygen atoms in total. The van der Waals surface area contributed by atoms with Crippen LogP contribution in [0.15, 0.2) is 24.4 Å². The van der Waals surface area contributed by atoms with Crippen LogP contribution in [-0.4, -0.2) is 10.1 Å². The molecule has 10 heavy (non-hydrogen) atoms. The van der Waals surface area contributed by atoms with Gasteiger partial charge in [-0.15, -0.1) is 0 Å². The first-order valence-corrected chi connectivity index (χ1v) is 3.10. The van der Waals surface area contributed by atoms with Crippen molar-refractivity contribution in [1.29, 1.82) is 0 Å². The van der Waals surface area contributed by atoms with Gasteiger partial charge < -0.3 is 5.11 Å². The summed E-state index contributed by atoms with van der Waals surface area (Å²) < 4.78 is 0. The van der Waals surface area contributed by atoms with Gasteiger partial charge in [0.25, 0.3) is 0 Å². The van der Waals surface area contributed by atoms with E-state index in [-0.39, 0.29) is 5.88 Å². The third kappa shape index (κ3) is 1.58. The highest BCUT2D eigenvalue weighted by atomic mass is 16.3. The first kappa shape index (κ1) is 6.81. The van der Waals surface area contributed by atoms with Gasteiger partial charge in [-0.05, 0) is 18.6 Å². The number of nitrogens with zero attached hydrogens (tertiary/aromatic N) is 1. The molecule has 0 saturated carbocycles. The molecule has 0 aromatic carbocycles. The van der Waals surface area contributed by atoms with Crippen LogP contribution in [0.2, 0.25) is 0 Å². The molecule has 0 bridgehead atoms. The molecule has 0 aliphatic carbocycles. The van der Waals surface area contributed by atoms with E-state index in [0.29, 0.717) is 0 Å². The van der Waals surface area contributed by atoms with Crippen molar-refractivity contribution >= 4 is 6.08 Å². The molecule has 1 rings (SSSR count). The van der Waals surface area contributed by atoms with Crippen LogP contribution in [-0.2, 0) is 0 Å². The molecule has 0 fully saturated rings. The topological polar surface area (TPSA) is 33.1 Å². The van der Waals surface area contributed by atoms with Gasteiger partial charge in [0, 0.05) is 12.3 Å². The van der Waals surface area contributed by atoms with E-state index in [0.717, 1.165) is 5.56 Å². The summed E-state index contributed by atoms with van der Waals surface area (Å²) >= 11 is 0. The SMILES string of the molecule is C/C=C/c1ccc(O)nc1. The number of rotatable bonds is 1. The number of hydrogen-bond acceptors (Lipinski definition) is 2. The van der Waals surface area contributed by atoms with Crippen molar-refractivity contribution in [3.05, 3.63) is 30.0 Å². The lowest BCUT2D eigenvalue weighted by Crippen LogP contribution is -1.74. The number of hydrogen-bond donors (Lipinski definition) is 1. The summed E-state index contributed by atoms with van der Waals surface area (Å²) in [7, 11) is 0. The molecule has 0 aliphatic heterocycles. The Balaban J connectivity index is 2.89. The molecule has 0 atom stereocenters. The predicted molar refractivity (Wildman–Crippen MR) is 40.6 cm³/mol. The van der Waals surface area contributed by atoms with Crippen molar-refractivity contribution in [2.75, 3.05) is 0 Å². The van der Waals surface area contributed by atoms with E-state index < -0.39 is 0 Å². The van der Waals surface area contributed by atoms with E-state index in [1.54, 1.807) is 12.3 Å². The molecule has 2 heteroatoms. The van der Waals surface area contributed by atoms with E-state index in [4.69, 9.17) is 5.11 Å². The largest absolute Gasteiger partial charge is 0.493 e. The lowest BCUT2D eigenvalue weighted by atomic mass is 10.3. The van der Waals surface area contributed by atoms with Crippen LogP contribution in [0.25, 0.3) is 6.08 Å². The lowest BCUT2D eigenvalue weighted by molar-refractivity contribution is 0.453. The highest BCUT2D eigenvalue weighted by Gasteiger charge is 1.86. The first-order chi connectivity index (χ1) is 4.83. The van der Waals surface area contributed by atoms with E-state index in [9.17, 15) is 0 Å². The normalized spacial score (nSPS) is 10.5. The van der Waals surface area contributed by atoms with Crippen molar-refractivity contribution in [3.63, 3.8) is 0 Å². The number of aromatic hydroxyl groups is 1. The maximum atomic E-state index is 8.79. The van der Waals surface area contributed by atoms with Crippen LogP contribution in [0.5, 0.6) is 5.88 Å². The monoisotopic (exact) mass is 135 g/mol. The lowest BCUT2D eigenvalue weighted by Gasteiger charge is -1.90. The molecule has 0 spiro atoms. The molecular formula is C8H9NO. The second-order valence-corrected chi connectivity index (χ2v) is 1.95. The van der Waals surface area contributed by atoms with Gasteiger partial charge in [0.1, 0.15) is 0 Å². The number of allylic oxidation sites excluding steroid dienone is 1. The summed E-state index contributed by atoms with van der Waals surface area (Å²) in [6, 6.07) is 3.37. The van der Waals surface area contributed by atoms with Gasteiger partial charge in [0.05, 0.1) is 0 Å². The fourth-order valence-corrected chi connectivity index (χ4v) is 0.689. The minimum Gasteiger partial charge on any atom is -0.493 e. The maximum Gasteiger partial charge on any atom is 0.210 e. The summed E-state index contributed by atoms with van der Waals surface area (Å²) in [6.45, 7) is 1.94. The zero-order valence-electron chi connectivity index (χ0n) is 5.78. The fourth-order valence-electron chi connectivity index (χ4n) is 0.689. The molecule has 0 radical (unpaired) electrons. The van der Waals surface area contributed by atoms with Crippen LogP contribution >= 0.6 is 0 Å². The summed E-state index contributed by atoms with van der Waals surface area (Å²) in [5.41, 5.74) is 1.00. The average Bonchev–Trinajstić information content (AvgIpc) is 1.95. The number of pyridine rings is 1. The Labute approximate surface area is 59.9 Å². The standard InChI is InChI=1S/C8H9NO/c1-2-3-7-4-5-8(10)9-6-7/h2-6H,1H3,(H,9,10)/b3-2+. The first-order valence-electron chi connectivity index (χ1n) is 3.10. The van der Waals surface area contributed by atoms with Gasteiger partial charge in [0.15, 0.2) is 0 Å². The quantitative estimate of drug-likeness (QED) is 0.637. The van der Waals surface area contributed by atoms with E-state index in [1.165, 1.54) is 0 Å². The van der Waals surface area contributed by atoms with Gasteiger partial charge in [0.2, 0.25) is 5.88 Å². The Morgan fingerprint density at radius 1 is 1.50 bits per heavy atom. The van der Waals surface area contributed by atoms with Crippen molar-refractivity contribution in [3.8, 4) is 5.88 Å². The van der Waals surface area contributed by atoms with E-state index >= 15 is 0 Å². The van der Waals surface area contributed by atoms with Crippen LogP contribution in [0.3, 0.4) is 0 Å². The smallest absolute Gasteiger partial charge is 0.210 e. The van der Waals surface area contributed by atoms with Crippen LogP contribution < -0.4 is 0 Å². The summed E-state index contributed by atoms with van der Waals surface area (Å²) in [4.78, 5) is 3.70. The molecule has 0 amide bonds. The molecule has 1 aromatic rings. The van der Waals surface area contributed by atoms with Crippen LogP contribution in [0.1, 0.15) is 12.5 Å². The molecule has 0 unspecified atom stereocenters. The van der Waals surface area contributed by atoms with Gasteiger partial charge in [-0.25, -0.2) is 4.98 Å². The summed E-state index contributed by atoms with van der Waals surface area (Å²) in [5, 5.41) is 8.79. The van der Waals surface area contributed by atoms with Crippen LogP contribution in [0, 0.1) is 0 Å². The van der Waals surface area contributed by atoms with Crippen molar-refractivity contribution in [1.82, 2.24) is 4.98 Å². The Kier molecular flexibility index (Phi) is 2.05. The minimum absolute atomic E-state index is 0.0632. The Morgan fingerprint density at radius 3 is 2.80 bits per heavy atom. The van der Waals surface area contributed by atoms with Gasteiger partial charge >= 0.3 is 0 Å². The van der Waals surface area contributed by atoms with Crippen molar-refractivity contribution in [2.24, 2.45) is 0 Å². The Morgan fingerprint density at radius 2 is 2.30 bits per heavy atom. The zero-order valence-corrected chi connectivity index (χ0v) is 5.78. The minimum atomic E-state index is 0.0632. The second kappa shape index (κ2) is 3.01. The van der Waals surface area contributed by atoms with Gasteiger partial charge in [-0.2, -0.15) is 0 Å². The third-order valence-corrected chi connectivity index (χ3v) is 1.13. The molecule has 0 aliphatic rings. The van der Waals surface area contributed by atoms with Crippen molar-refractivity contribution < 1.29 is 5.11 Å². The molecule has 52 valence electrons. The highest BCUT2D eigenvalue weighted by molar-refractivity contribution is 5.47. The predicted octanol–water partition coefficient (Wildman–Crippen LogP) is 1.82. The van der Waals surface area contributed by atoms with Gasteiger partial charge in [-0.1, -0.05) is 12.2 Å². The van der Waals surface area contributed by atoms with E-state index in [2.05, 4.69) is 4.98 Å². The second-order valence-electron chi connectivity index (χ2n) is 1.95. The average molecular weight is 135 g/mol. The maximum absolute atomic E-state index is 8.79. The fraction of sp³-hybridized carbons (Fsp3) is 0.125. The zero-order chi connectivity index (χ0) is 7.40. The summed E-state index contributed by atoms with van der Waals surface area (Å²) in [6.07, 6.45) is 5.47. The summed E-state index contributed by atoms with van der Waals surface area (Å²) in [5.74, 6) is 0.0632. The molecular weight excluding hydrogens is 126 g/mol. The molecule has 0 saturated heterocycles. The van der Waals surface area contributed by atoms with Crippen molar-refractivity contribution in [2.45, 2.75) is 6.92 Å². The molecule has 1 N–H and O–H groups in total. The van der Waals surface area contributed by atoms with Crippen LogP contribution in [0.4, 0.5) is 0 Å². The Bertz CT molecular complexity index is 226. The van der Waals surface area contributed by atoms with Gasteiger partial charge in [-0.3, -0.25) is 0 Å².